The molecule has 0 unspecified atom stereocenters. The molecule has 3 rings (SSSR count). The highest BCUT2D eigenvalue weighted by Gasteiger charge is 2.38. The number of fused-ring (bicyclic) bond motifs is 2. The second-order valence-electron chi connectivity index (χ2n) is 5.10. The highest BCUT2D eigenvalue weighted by molar-refractivity contribution is 5.42. The van der Waals surface area contributed by atoms with Crippen LogP contribution in [0.2, 0.25) is 0 Å². The molecule has 1 saturated heterocycles. The molecule has 16 heavy (non-hydrogen) atoms. The first-order chi connectivity index (χ1) is 7.82. The van der Waals surface area contributed by atoms with Gasteiger partial charge in [0.1, 0.15) is 0 Å². The van der Waals surface area contributed by atoms with E-state index in [1.54, 1.807) is 5.56 Å². The Morgan fingerprint density at radius 1 is 1.25 bits per heavy atom. The Morgan fingerprint density at radius 2 is 2.06 bits per heavy atom. The number of hydrogen-bond acceptors (Lipinski definition) is 2. The zero-order valence-electron chi connectivity index (χ0n) is 9.88. The van der Waals surface area contributed by atoms with Crippen LogP contribution in [0.25, 0.3) is 0 Å². The molecule has 1 fully saturated rings. The van der Waals surface area contributed by atoms with Crippen LogP contribution in [-0.4, -0.2) is 19.8 Å². The van der Waals surface area contributed by atoms with Gasteiger partial charge in [-0.3, -0.25) is 0 Å². The Morgan fingerprint density at radius 3 is 2.88 bits per heavy atom. The number of rotatable bonds is 0. The Balaban J connectivity index is 2.08. The van der Waals surface area contributed by atoms with Crippen molar-refractivity contribution in [2.24, 2.45) is 0 Å². The molecule has 2 nitrogen and oxygen atoms in total. The Bertz CT molecular complexity index is 394. The molecule has 1 aromatic carbocycles. The zero-order valence-corrected chi connectivity index (χ0v) is 9.88. The average Bonchev–Trinajstić information content (AvgIpc) is 2.32. The molecule has 0 aromatic heterocycles. The van der Waals surface area contributed by atoms with Gasteiger partial charge in [-0.1, -0.05) is 18.2 Å². The molecular weight excluding hydrogens is 198 g/mol. The SMILES string of the molecule is Cc1cccc2c1CNCC21CCOCC1. The van der Waals surface area contributed by atoms with E-state index in [4.69, 9.17) is 4.74 Å². The standard InChI is InChI=1S/C14H19NO/c1-11-3-2-4-13-12(11)9-15-10-14(13)5-7-16-8-6-14/h2-4,15H,5-10H2,1H3. The number of hydrogen-bond donors (Lipinski definition) is 1. The molecule has 0 aliphatic carbocycles. The van der Waals surface area contributed by atoms with Crippen molar-refractivity contribution in [3.8, 4) is 0 Å². The molecule has 0 saturated carbocycles. The van der Waals surface area contributed by atoms with Crippen LogP contribution in [0.15, 0.2) is 18.2 Å². The maximum atomic E-state index is 5.51. The molecule has 0 amide bonds. The summed E-state index contributed by atoms with van der Waals surface area (Å²) in [5, 5.41) is 3.59. The van der Waals surface area contributed by atoms with Gasteiger partial charge in [0.25, 0.3) is 0 Å². The third-order valence-corrected chi connectivity index (χ3v) is 4.20. The summed E-state index contributed by atoms with van der Waals surface area (Å²) in [6.45, 7) is 6.19. The summed E-state index contributed by atoms with van der Waals surface area (Å²) in [7, 11) is 0. The van der Waals surface area contributed by atoms with E-state index in [1.165, 1.54) is 11.1 Å². The summed E-state index contributed by atoms with van der Waals surface area (Å²) >= 11 is 0. The Labute approximate surface area is 97.0 Å². The van der Waals surface area contributed by atoms with Crippen LogP contribution in [0.4, 0.5) is 0 Å². The van der Waals surface area contributed by atoms with Gasteiger partial charge < -0.3 is 10.1 Å². The van der Waals surface area contributed by atoms with Crippen LogP contribution >= 0.6 is 0 Å². The fourth-order valence-electron chi connectivity index (χ4n) is 3.16. The van der Waals surface area contributed by atoms with Gasteiger partial charge in [0.2, 0.25) is 0 Å². The Kier molecular flexibility index (Phi) is 2.49. The molecule has 0 radical (unpaired) electrons. The highest BCUT2D eigenvalue weighted by atomic mass is 16.5. The lowest BCUT2D eigenvalue weighted by molar-refractivity contribution is 0.0471. The van der Waals surface area contributed by atoms with E-state index in [2.05, 4.69) is 30.4 Å². The second kappa shape index (κ2) is 3.86. The smallest absolute Gasteiger partial charge is 0.0475 e. The van der Waals surface area contributed by atoms with Crippen molar-refractivity contribution in [2.45, 2.75) is 31.7 Å². The lowest BCUT2D eigenvalue weighted by atomic mass is 9.70. The maximum absolute atomic E-state index is 5.51. The first kappa shape index (κ1) is 10.3. The molecule has 2 heteroatoms. The van der Waals surface area contributed by atoms with Crippen LogP contribution in [0.5, 0.6) is 0 Å². The van der Waals surface area contributed by atoms with Crippen molar-refractivity contribution < 1.29 is 4.74 Å². The quantitative estimate of drug-likeness (QED) is 0.719. The number of aryl methyl sites for hydroxylation is 1. The minimum Gasteiger partial charge on any atom is -0.381 e. The van der Waals surface area contributed by atoms with Gasteiger partial charge in [-0.2, -0.15) is 0 Å². The first-order valence-corrected chi connectivity index (χ1v) is 6.19. The summed E-state index contributed by atoms with van der Waals surface area (Å²) in [5.41, 5.74) is 4.87. The molecule has 0 bridgehead atoms. The van der Waals surface area contributed by atoms with E-state index in [9.17, 15) is 0 Å². The van der Waals surface area contributed by atoms with E-state index < -0.39 is 0 Å². The minimum atomic E-state index is 0.345. The summed E-state index contributed by atoms with van der Waals surface area (Å²) < 4.78 is 5.51. The monoisotopic (exact) mass is 217 g/mol. The predicted octanol–water partition coefficient (Wildman–Crippen LogP) is 2.15. The maximum Gasteiger partial charge on any atom is 0.0475 e. The fourth-order valence-corrected chi connectivity index (χ4v) is 3.16. The van der Waals surface area contributed by atoms with Gasteiger partial charge in [-0.15, -0.1) is 0 Å². The van der Waals surface area contributed by atoms with Gasteiger partial charge in [0.15, 0.2) is 0 Å². The largest absolute Gasteiger partial charge is 0.381 e. The topological polar surface area (TPSA) is 21.3 Å². The molecular formula is C14H19NO. The highest BCUT2D eigenvalue weighted by Crippen LogP contribution is 2.39. The van der Waals surface area contributed by atoms with E-state index in [0.717, 1.165) is 39.1 Å². The van der Waals surface area contributed by atoms with Crippen molar-refractivity contribution in [2.75, 3.05) is 19.8 Å². The van der Waals surface area contributed by atoms with Gasteiger partial charge >= 0.3 is 0 Å². The third kappa shape index (κ3) is 1.48. The first-order valence-electron chi connectivity index (χ1n) is 6.19. The van der Waals surface area contributed by atoms with Crippen molar-refractivity contribution in [1.82, 2.24) is 5.32 Å². The molecule has 2 aliphatic heterocycles. The molecule has 1 aromatic rings. The minimum absolute atomic E-state index is 0.345. The molecule has 0 atom stereocenters. The Hall–Kier alpha value is -0.860. The normalized spacial score (nSPS) is 23.1. The van der Waals surface area contributed by atoms with Gasteiger partial charge in [0.05, 0.1) is 0 Å². The third-order valence-electron chi connectivity index (χ3n) is 4.20. The second-order valence-corrected chi connectivity index (χ2v) is 5.10. The van der Waals surface area contributed by atoms with Crippen LogP contribution in [0.3, 0.4) is 0 Å². The van der Waals surface area contributed by atoms with Crippen LogP contribution in [-0.2, 0) is 16.7 Å². The number of ether oxygens (including phenoxy) is 1. The van der Waals surface area contributed by atoms with Crippen LogP contribution < -0.4 is 5.32 Å². The van der Waals surface area contributed by atoms with Crippen molar-refractivity contribution in [1.29, 1.82) is 0 Å². The van der Waals surface area contributed by atoms with Crippen molar-refractivity contribution in [3.05, 3.63) is 34.9 Å². The summed E-state index contributed by atoms with van der Waals surface area (Å²) in [6.07, 6.45) is 2.33. The number of benzene rings is 1. The predicted molar refractivity (Wildman–Crippen MR) is 64.6 cm³/mol. The summed E-state index contributed by atoms with van der Waals surface area (Å²) in [5.74, 6) is 0. The molecule has 1 N–H and O–H groups in total. The molecule has 1 spiro atoms. The van der Waals surface area contributed by atoms with Crippen LogP contribution in [0, 0.1) is 6.92 Å². The lowest BCUT2D eigenvalue weighted by Gasteiger charge is -2.42. The zero-order chi connectivity index (χ0) is 11.0. The molecule has 2 aliphatic rings. The van der Waals surface area contributed by atoms with E-state index >= 15 is 0 Å². The van der Waals surface area contributed by atoms with E-state index in [1.807, 2.05) is 0 Å². The average molecular weight is 217 g/mol. The lowest BCUT2D eigenvalue weighted by Crippen LogP contribution is -2.46. The fraction of sp³-hybridized carbons (Fsp3) is 0.571. The summed E-state index contributed by atoms with van der Waals surface area (Å²) in [4.78, 5) is 0. The van der Waals surface area contributed by atoms with Crippen molar-refractivity contribution >= 4 is 0 Å². The van der Waals surface area contributed by atoms with Gasteiger partial charge in [0, 0.05) is 31.7 Å². The molecule has 86 valence electrons. The van der Waals surface area contributed by atoms with Gasteiger partial charge in [-0.25, -0.2) is 0 Å². The summed E-state index contributed by atoms with van der Waals surface area (Å²) in [6, 6.07) is 6.75. The van der Waals surface area contributed by atoms with E-state index in [-0.39, 0.29) is 0 Å². The van der Waals surface area contributed by atoms with Crippen LogP contribution in [0.1, 0.15) is 29.5 Å². The molecule has 2 heterocycles. The van der Waals surface area contributed by atoms with E-state index in [0.29, 0.717) is 5.41 Å². The number of nitrogens with one attached hydrogen (secondary N) is 1. The van der Waals surface area contributed by atoms with Crippen molar-refractivity contribution in [3.63, 3.8) is 0 Å². The van der Waals surface area contributed by atoms with Gasteiger partial charge in [-0.05, 0) is 36.5 Å².